The van der Waals surface area contributed by atoms with Crippen LogP contribution in [0.2, 0.25) is 0 Å². The summed E-state index contributed by atoms with van der Waals surface area (Å²) in [4.78, 5) is 12.9. The Morgan fingerprint density at radius 1 is 1.23 bits per heavy atom. The van der Waals surface area contributed by atoms with E-state index in [4.69, 9.17) is 9.47 Å². The van der Waals surface area contributed by atoms with Crippen molar-refractivity contribution in [1.29, 1.82) is 0 Å². The van der Waals surface area contributed by atoms with Crippen LogP contribution in [0.3, 0.4) is 0 Å². The standard InChI is InChI=1S/C22H34O4/c1-13(12-25-4)15-5-6-16-19-17(8-10-21(15,16)2)22(3)9-7-14(23)11-18(22)20(24)26-19/h13-16,18,23H,5-12H2,1-4H3/t13-,14+,15-,16+,18-,21-,22-/m1/s1. The predicted molar refractivity (Wildman–Crippen MR) is 99.2 cm³/mol. The first kappa shape index (κ1) is 18.5. The third-order valence-electron chi connectivity index (χ3n) is 8.51. The fourth-order valence-electron chi connectivity index (χ4n) is 6.98. The van der Waals surface area contributed by atoms with Gasteiger partial charge in [0.25, 0.3) is 0 Å². The smallest absolute Gasteiger partial charge is 0.315 e. The molecule has 4 rings (SSSR count). The molecule has 4 nitrogen and oxygen atoms in total. The van der Waals surface area contributed by atoms with Gasteiger partial charge in [-0.15, -0.1) is 0 Å². The first-order valence-electron chi connectivity index (χ1n) is 10.4. The molecule has 1 aliphatic heterocycles. The number of aliphatic hydroxyl groups excluding tert-OH is 1. The Labute approximate surface area is 157 Å². The van der Waals surface area contributed by atoms with E-state index in [-0.39, 0.29) is 28.8 Å². The molecule has 26 heavy (non-hydrogen) atoms. The lowest BCUT2D eigenvalue weighted by Gasteiger charge is -2.53. The Morgan fingerprint density at radius 3 is 2.73 bits per heavy atom. The highest BCUT2D eigenvalue weighted by atomic mass is 16.5. The summed E-state index contributed by atoms with van der Waals surface area (Å²) in [5.41, 5.74) is 1.49. The van der Waals surface area contributed by atoms with E-state index in [2.05, 4.69) is 20.8 Å². The molecule has 0 spiro atoms. The Kier molecular flexibility index (Phi) is 4.51. The molecule has 1 heterocycles. The summed E-state index contributed by atoms with van der Waals surface area (Å²) >= 11 is 0. The topological polar surface area (TPSA) is 55.8 Å². The van der Waals surface area contributed by atoms with Gasteiger partial charge in [0.15, 0.2) is 0 Å². The van der Waals surface area contributed by atoms with Gasteiger partial charge >= 0.3 is 5.97 Å². The van der Waals surface area contributed by atoms with E-state index in [1.807, 2.05) is 0 Å². The van der Waals surface area contributed by atoms with Gasteiger partial charge in [0, 0.05) is 25.0 Å². The molecule has 0 saturated heterocycles. The molecule has 0 bridgehead atoms. The molecule has 1 N–H and O–H groups in total. The zero-order chi connectivity index (χ0) is 18.7. The number of hydrogen-bond acceptors (Lipinski definition) is 4. The van der Waals surface area contributed by atoms with Gasteiger partial charge in [0.2, 0.25) is 0 Å². The monoisotopic (exact) mass is 362 g/mol. The summed E-state index contributed by atoms with van der Waals surface area (Å²) < 4.78 is 11.5. The van der Waals surface area contributed by atoms with Crippen LogP contribution in [0.25, 0.3) is 0 Å². The number of ether oxygens (including phenoxy) is 2. The van der Waals surface area contributed by atoms with Gasteiger partial charge in [-0.1, -0.05) is 20.8 Å². The van der Waals surface area contributed by atoms with E-state index < -0.39 is 0 Å². The highest BCUT2D eigenvalue weighted by Crippen LogP contribution is 2.64. The van der Waals surface area contributed by atoms with Gasteiger partial charge in [-0.05, 0) is 67.8 Å². The van der Waals surface area contributed by atoms with E-state index in [1.54, 1.807) is 7.11 Å². The Morgan fingerprint density at radius 2 is 2.00 bits per heavy atom. The molecule has 2 saturated carbocycles. The van der Waals surface area contributed by atoms with Gasteiger partial charge < -0.3 is 14.6 Å². The van der Waals surface area contributed by atoms with E-state index in [0.717, 1.165) is 38.0 Å². The van der Waals surface area contributed by atoms with Crippen molar-refractivity contribution >= 4 is 5.97 Å². The summed E-state index contributed by atoms with van der Waals surface area (Å²) in [6, 6.07) is 0. The van der Waals surface area contributed by atoms with Crippen molar-refractivity contribution in [3.8, 4) is 0 Å². The van der Waals surface area contributed by atoms with Gasteiger partial charge in [0.1, 0.15) is 5.76 Å². The predicted octanol–water partition coefficient (Wildman–Crippen LogP) is 4.07. The number of hydrogen-bond donors (Lipinski definition) is 1. The molecule has 4 heteroatoms. The molecule has 0 aromatic heterocycles. The van der Waals surface area contributed by atoms with Crippen LogP contribution >= 0.6 is 0 Å². The number of carbonyl (C=O) groups excluding carboxylic acids is 1. The summed E-state index contributed by atoms with van der Waals surface area (Å²) in [7, 11) is 1.79. The average Bonchev–Trinajstić information content (AvgIpc) is 2.94. The summed E-state index contributed by atoms with van der Waals surface area (Å²) in [5, 5.41) is 10.1. The van der Waals surface area contributed by atoms with Crippen LogP contribution in [0.5, 0.6) is 0 Å². The summed E-state index contributed by atoms with van der Waals surface area (Å²) in [5.74, 6) is 2.28. The molecule has 0 amide bonds. The van der Waals surface area contributed by atoms with Crippen LogP contribution in [0.15, 0.2) is 11.3 Å². The lowest BCUT2D eigenvalue weighted by atomic mass is 9.55. The highest BCUT2D eigenvalue weighted by molar-refractivity contribution is 5.77. The molecule has 0 aromatic rings. The molecule has 0 radical (unpaired) electrons. The van der Waals surface area contributed by atoms with Gasteiger partial charge in [-0.25, -0.2) is 0 Å². The van der Waals surface area contributed by atoms with Gasteiger partial charge in [-0.2, -0.15) is 0 Å². The summed E-state index contributed by atoms with van der Waals surface area (Å²) in [6.45, 7) is 7.77. The first-order chi connectivity index (χ1) is 12.3. The third-order valence-corrected chi connectivity index (χ3v) is 8.51. The Balaban J connectivity index is 1.69. The largest absolute Gasteiger partial charge is 0.431 e. The van der Waals surface area contributed by atoms with Crippen LogP contribution in [0.4, 0.5) is 0 Å². The van der Waals surface area contributed by atoms with E-state index in [1.165, 1.54) is 18.4 Å². The fourth-order valence-corrected chi connectivity index (χ4v) is 6.98. The molecule has 7 atom stereocenters. The van der Waals surface area contributed by atoms with Crippen molar-refractivity contribution in [2.45, 2.75) is 71.8 Å². The Bertz CT molecular complexity index is 626. The SMILES string of the molecule is COC[C@@H](C)[C@H]1CC[C@H]2C3=C(CC[C@]12C)[C@@]1(C)CC[C@H](O)C[C@@H]1C(=O)O3. The maximum Gasteiger partial charge on any atom is 0.315 e. The molecule has 146 valence electrons. The molecule has 2 fully saturated rings. The quantitative estimate of drug-likeness (QED) is 0.769. The molecule has 4 aliphatic rings. The second-order valence-electron chi connectivity index (χ2n) is 9.84. The van der Waals surface area contributed by atoms with Crippen molar-refractivity contribution in [3.63, 3.8) is 0 Å². The molecule has 0 unspecified atom stereocenters. The normalized spacial score (nSPS) is 46.3. The van der Waals surface area contributed by atoms with Crippen LogP contribution < -0.4 is 0 Å². The minimum absolute atomic E-state index is 0.0948. The van der Waals surface area contributed by atoms with Crippen LogP contribution in [-0.4, -0.2) is 30.9 Å². The number of methoxy groups -OCH3 is 1. The second kappa shape index (κ2) is 6.34. The molecule has 0 aromatic carbocycles. The van der Waals surface area contributed by atoms with Crippen molar-refractivity contribution < 1.29 is 19.4 Å². The van der Waals surface area contributed by atoms with Gasteiger partial charge in [0.05, 0.1) is 12.0 Å². The van der Waals surface area contributed by atoms with E-state index >= 15 is 0 Å². The highest BCUT2D eigenvalue weighted by Gasteiger charge is 2.59. The maximum atomic E-state index is 12.9. The molecular weight excluding hydrogens is 328 g/mol. The van der Waals surface area contributed by atoms with Crippen molar-refractivity contribution in [1.82, 2.24) is 0 Å². The van der Waals surface area contributed by atoms with Gasteiger partial charge in [-0.3, -0.25) is 4.79 Å². The van der Waals surface area contributed by atoms with E-state index in [9.17, 15) is 9.90 Å². The minimum atomic E-state index is -0.359. The number of fused-ring (bicyclic) bond motifs is 4. The zero-order valence-electron chi connectivity index (χ0n) is 16.7. The minimum Gasteiger partial charge on any atom is -0.431 e. The van der Waals surface area contributed by atoms with Crippen LogP contribution in [0.1, 0.15) is 65.7 Å². The number of esters is 1. The number of rotatable bonds is 3. The zero-order valence-corrected chi connectivity index (χ0v) is 16.7. The van der Waals surface area contributed by atoms with Crippen LogP contribution in [-0.2, 0) is 14.3 Å². The van der Waals surface area contributed by atoms with Crippen LogP contribution in [0, 0.1) is 34.5 Å². The number of allylic oxidation sites excluding steroid dienone is 2. The lowest BCUT2D eigenvalue weighted by molar-refractivity contribution is -0.159. The summed E-state index contributed by atoms with van der Waals surface area (Å²) in [6.07, 6.45) is 6.42. The fraction of sp³-hybridized carbons (Fsp3) is 0.864. The third kappa shape index (κ3) is 2.51. The average molecular weight is 363 g/mol. The molecule has 3 aliphatic carbocycles. The Hall–Kier alpha value is -0.870. The van der Waals surface area contributed by atoms with Crippen molar-refractivity contribution in [2.24, 2.45) is 34.5 Å². The maximum absolute atomic E-state index is 12.9. The van der Waals surface area contributed by atoms with Crippen molar-refractivity contribution in [2.75, 3.05) is 13.7 Å². The van der Waals surface area contributed by atoms with E-state index in [0.29, 0.717) is 24.2 Å². The number of carbonyl (C=O) groups is 1. The molecular formula is C22H34O4. The second-order valence-corrected chi connectivity index (χ2v) is 9.84. The first-order valence-corrected chi connectivity index (χ1v) is 10.4. The van der Waals surface area contributed by atoms with Crippen molar-refractivity contribution in [3.05, 3.63) is 11.3 Å². The number of aliphatic hydroxyl groups is 1. The lowest BCUT2D eigenvalue weighted by Crippen LogP contribution is -2.50.